The lowest BCUT2D eigenvalue weighted by atomic mass is 9.95. The van der Waals surface area contributed by atoms with Crippen LogP contribution >= 0.6 is 0 Å². The number of fused-ring (bicyclic) bond motifs is 1. The van der Waals surface area contributed by atoms with Crippen molar-refractivity contribution in [2.24, 2.45) is 10.4 Å². The minimum absolute atomic E-state index is 0.0148. The third-order valence-electron chi connectivity index (χ3n) is 4.55. The van der Waals surface area contributed by atoms with Gasteiger partial charge in [-0.2, -0.15) is 14.9 Å². The van der Waals surface area contributed by atoms with Crippen LogP contribution in [0.5, 0.6) is 5.75 Å². The molecule has 144 valence electrons. The standard InChI is InChI=1S/C20H16N6O3/c27-14-7-5-13(6-8-14)24-16-10-21-20-19(16)18(17(11-23-29)25-26-20)15-4-2-1-3-12(15)9-22-28/h1-8,10,24,27H,9,11H2,(H,21,26). The topological polar surface area (TPSA) is 133 Å². The Kier molecular flexibility index (Phi) is 4.93. The maximum Gasteiger partial charge on any atom is 0.162 e. The van der Waals surface area contributed by atoms with Gasteiger partial charge in [0.15, 0.2) is 5.65 Å². The summed E-state index contributed by atoms with van der Waals surface area (Å²) in [7, 11) is 0. The SMILES string of the molecule is O=NCc1ccccc1-c1c(CN=O)nnc2[nH]cc(Nc3ccc(O)cc3)c12. The van der Waals surface area contributed by atoms with Crippen LogP contribution in [-0.2, 0) is 13.1 Å². The molecule has 0 spiro atoms. The van der Waals surface area contributed by atoms with Crippen molar-refractivity contribution in [3.8, 4) is 16.9 Å². The smallest absolute Gasteiger partial charge is 0.162 e. The summed E-state index contributed by atoms with van der Waals surface area (Å²) in [4.78, 5) is 25.0. The zero-order chi connectivity index (χ0) is 20.2. The Labute approximate surface area is 164 Å². The first-order chi connectivity index (χ1) is 14.2. The molecule has 0 saturated carbocycles. The van der Waals surface area contributed by atoms with Crippen LogP contribution in [0.4, 0.5) is 11.4 Å². The number of aromatic amines is 1. The second kappa shape index (κ2) is 7.85. The second-order valence-electron chi connectivity index (χ2n) is 6.35. The summed E-state index contributed by atoms with van der Waals surface area (Å²) in [6, 6.07) is 13.9. The average molecular weight is 388 g/mol. The Morgan fingerprint density at radius 3 is 2.48 bits per heavy atom. The first-order valence-corrected chi connectivity index (χ1v) is 8.80. The number of nitroso groups, excluding NO2 is 2. The van der Waals surface area contributed by atoms with Gasteiger partial charge in [-0.3, -0.25) is 0 Å². The first kappa shape index (κ1) is 18.2. The number of phenolic OH excluding ortho intramolecular Hbond substituents is 1. The van der Waals surface area contributed by atoms with Crippen molar-refractivity contribution in [1.29, 1.82) is 0 Å². The summed E-state index contributed by atoms with van der Waals surface area (Å²) >= 11 is 0. The van der Waals surface area contributed by atoms with E-state index in [-0.39, 0.29) is 18.8 Å². The number of anilines is 2. The van der Waals surface area contributed by atoms with Gasteiger partial charge in [-0.25, -0.2) is 0 Å². The third kappa shape index (κ3) is 3.53. The lowest BCUT2D eigenvalue weighted by Gasteiger charge is -2.13. The van der Waals surface area contributed by atoms with Gasteiger partial charge in [-0.15, -0.1) is 5.10 Å². The van der Waals surface area contributed by atoms with E-state index in [1.807, 2.05) is 18.2 Å². The van der Waals surface area contributed by atoms with E-state index in [0.29, 0.717) is 33.5 Å². The molecule has 9 heteroatoms. The van der Waals surface area contributed by atoms with Crippen molar-refractivity contribution < 1.29 is 5.11 Å². The van der Waals surface area contributed by atoms with Gasteiger partial charge in [0.1, 0.15) is 18.8 Å². The first-order valence-electron chi connectivity index (χ1n) is 8.80. The number of nitrogens with one attached hydrogen (secondary N) is 2. The molecule has 0 aliphatic carbocycles. The highest BCUT2D eigenvalue weighted by Gasteiger charge is 2.20. The van der Waals surface area contributed by atoms with Gasteiger partial charge >= 0.3 is 0 Å². The maximum atomic E-state index is 11.0. The summed E-state index contributed by atoms with van der Waals surface area (Å²) < 4.78 is 0. The fraction of sp³-hybridized carbons (Fsp3) is 0.100. The van der Waals surface area contributed by atoms with Gasteiger partial charge in [0, 0.05) is 17.4 Å². The fourth-order valence-corrected chi connectivity index (χ4v) is 3.28. The molecule has 0 aliphatic rings. The number of rotatable bonds is 7. The van der Waals surface area contributed by atoms with Crippen LogP contribution in [0, 0.1) is 9.81 Å². The molecule has 4 aromatic rings. The molecule has 2 aromatic carbocycles. The molecule has 9 nitrogen and oxygen atoms in total. The molecule has 0 atom stereocenters. The van der Waals surface area contributed by atoms with Crippen molar-refractivity contribution in [3.63, 3.8) is 0 Å². The number of aromatic hydroxyl groups is 1. The van der Waals surface area contributed by atoms with Crippen molar-refractivity contribution >= 4 is 22.4 Å². The zero-order valence-corrected chi connectivity index (χ0v) is 15.2. The molecule has 0 unspecified atom stereocenters. The Morgan fingerprint density at radius 1 is 0.966 bits per heavy atom. The third-order valence-corrected chi connectivity index (χ3v) is 4.55. The molecule has 2 heterocycles. The summed E-state index contributed by atoms with van der Waals surface area (Å²) in [5.74, 6) is 0.163. The highest BCUT2D eigenvalue weighted by atomic mass is 16.3. The van der Waals surface area contributed by atoms with Crippen LogP contribution in [-0.4, -0.2) is 20.3 Å². The van der Waals surface area contributed by atoms with Crippen LogP contribution in [0.15, 0.2) is 65.1 Å². The maximum absolute atomic E-state index is 11.0. The molecule has 0 aliphatic heterocycles. The van der Waals surface area contributed by atoms with Crippen LogP contribution < -0.4 is 5.32 Å². The van der Waals surface area contributed by atoms with Crippen molar-refractivity contribution in [3.05, 3.63) is 75.8 Å². The van der Waals surface area contributed by atoms with Gasteiger partial charge in [0.05, 0.1) is 16.8 Å². The molecule has 29 heavy (non-hydrogen) atoms. The molecular formula is C20H16N6O3. The van der Waals surface area contributed by atoms with Crippen LogP contribution in [0.1, 0.15) is 11.3 Å². The monoisotopic (exact) mass is 388 g/mol. The van der Waals surface area contributed by atoms with E-state index in [1.165, 1.54) is 0 Å². The number of nitrogens with zero attached hydrogens (tertiary/aromatic N) is 4. The van der Waals surface area contributed by atoms with E-state index in [0.717, 1.165) is 11.3 Å². The Balaban J connectivity index is 1.94. The normalized spacial score (nSPS) is 10.8. The number of hydrogen-bond acceptors (Lipinski definition) is 8. The van der Waals surface area contributed by atoms with Crippen LogP contribution in [0.3, 0.4) is 0 Å². The van der Waals surface area contributed by atoms with Gasteiger partial charge in [0.25, 0.3) is 0 Å². The Morgan fingerprint density at radius 2 is 1.72 bits per heavy atom. The van der Waals surface area contributed by atoms with E-state index < -0.39 is 0 Å². The van der Waals surface area contributed by atoms with Crippen molar-refractivity contribution in [2.75, 3.05) is 5.32 Å². The zero-order valence-electron chi connectivity index (χ0n) is 15.2. The second-order valence-corrected chi connectivity index (χ2v) is 6.35. The lowest BCUT2D eigenvalue weighted by molar-refractivity contribution is 0.475. The molecule has 4 rings (SSSR count). The molecule has 0 fully saturated rings. The number of phenols is 1. The number of hydrogen-bond donors (Lipinski definition) is 3. The molecule has 0 amide bonds. The summed E-state index contributed by atoms with van der Waals surface area (Å²) in [6.07, 6.45) is 1.74. The van der Waals surface area contributed by atoms with Gasteiger partial charge in [0.2, 0.25) is 0 Å². The highest BCUT2D eigenvalue weighted by molar-refractivity contribution is 6.04. The summed E-state index contributed by atoms with van der Waals surface area (Å²) in [5.41, 5.74) is 4.49. The van der Waals surface area contributed by atoms with E-state index >= 15 is 0 Å². The quantitative estimate of drug-likeness (QED) is 0.313. The number of aromatic nitrogens is 3. The average Bonchev–Trinajstić information content (AvgIpc) is 3.14. The van der Waals surface area contributed by atoms with Gasteiger partial charge < -0.3 is 15.4 Å². The number of H-pyrrole nitrogens is 1. The van der Waals surface area contributed by atoms with E-state index in [1.54, 1.807) is 36.5 Å². The Bertz CT molecular complexity index is 1190. The van der Waals surface area contributed by atoms with Gasteiger partial charge in [-0.1, -0.05) is 34.6 Å². The molecular weight excluding hydrogens is 372 g/mol. The predicted octanol–water partition coefficient (Wildman–Crippen LogP) is 4.61. The number of benzene rings is 2. The van der Waals surface area contributed by atoms with Crippen LogP contribution in [0.2, 0.25) is 0 Å². The molecule has 3 N–H and O–H groups in total. The van der Waals surface area contributed by atoms with Gasteiger partial charge in [-0.05, 0) is 35.4 Å². The molecule has 0 bridgehead atoms. The molecule has 0 saturated heterocycles. The molecule has 0 radical (unpaired) electrons. The van der Waals surface area contributed by atoms with Crippen molar-refractivity contribution in [2.45, 2.75) is 13.1 Å². The van der Waals surface area contributed by atoms with Crippen LogP contribution in [0.25, 0.3) is 22.2 Å². The van der Waals surface area contributed by atoms with E-state index in [4.69, 9.17) is 0 Å². The lowest BCUT2D eigenvalue weighted by Crippen LogP contribution is -2.00. The molecule has 2 aromatic heterocycles. The van der Waals surface area contributed by atoms with E-state index in [2.05, 4.69) is 30.9 Å². The van der Waals surface area contributed by atoms with E-state index in [9.17, 15) is 14.9 Å². The Hall–Kier alpha value is -4.14. The van der Waals surface area contributed by atoms with Crippen molar-refractivity contribution in [1.82, 2.24) is 15.2 Å². The minimum Gasteiger partial charge on any atom is -0.508 e. The predicted molar refractivity (Wildman–Crippen MR) is 110 cm³/mol. The highest BCUT2D eigenvalue weighted by Crippen LogP contribution is 2.38. The largest absolute Gasteiger partial charge is 0.508 e. The summed E-state index contributed by atoms with van der Waals surface area (Å²) in [6.45, 7) is -0.177. The summed E-state index contributed by atoms with van der Waals surface area (Å²) in [5, 5.41) is 27.8. The minimum atomic E-state index is -0.162. The fourth-order valence-electron chi connectivity index (χ4n) is 3.28.